The second-order valence-electron chi connectivity index (χ2n) is 8.65. The molecule has 3 aromatic rings. The molecule has 0 saturated carbocycles. The van der Waals surface area contributed by atoms with Crippen LogP contribution >= 0.6 is 0 Å². The highest BCUT2D eigenvalue weighted by molar-refractivity contribution is 6.10. The van der Waals surface area contributed by atoms with Crippen molar-refractivity contribution in [3.05, 3.63) is 78.4 Å². The quantitative estimate of drug-likeness (QED) is 0.508. The maximum absolute atomic E-state index is 13.3. The summed E-state index contributed by atoms with van der Waals surface area (Å²) in [6, 6.07) is 20.6. The first-order valence-corrected chi connectivity index (χ1v) is 11.6. The SMILES string of the molecule is C[C@@]1(c2ccc3c(c2)OCCCO3)NC(=O)N(CC(=O)Nc2ccc(Oc3ccccc3)cc2)C1=O. The lowest BCUT2D eigenvalue weighted by atomic mass is 9.91. The number of nitrogens with one attached hydrogen (secondary N) is 2. The third-order valence-electron chi connectivity index (χ3n) is 6.02. The Hall–Kier alpha value is -4.53. The van der Waals surface area contributed by atoms with E-state index in [1.807, 2.05) is 30.3 Å². The van der Waals surface area contributed by atoms with Gasteiger partial charge in [-0.15, -0.1) is 0 Å². The van der Waals surface area contributed by atoms with Crippen LogP contribution < -0.4 is 24.8 Å². The van der Waals surface area contributed by atoms with Crippen LogP contribution in [0.25, 0.3) is 0 Å². The first kappa shape index (κ1) is 23.2. The van der Waals surface area contributed by atoms with E-state index in [0.717, 1.165) is 11.3 Å². The van der Waals surface area contributed by atoms with Crippen LogP contribution in [0.4, 0.5) is 10.5 Å². The molecule has 184 valence electrons. The summed E-state index contributed by atoms with van der Waals surface area (Å²) in [6.45, 7) is 2.23. The lowest BCUT2D eigenvalue weighted by Crippen LogP contribution is -2.42. The lowest BCUT2D eigenvalue weighted by Gasteiger charge is -2.23. The Kier molecular flexibility index (Phi) is 6.20. The number of anilines is 1. The first-order valence-electron chi connectivity index (χ1n) is 11.6. The van der Waals surface area contributed by atoms with Gasteiger partial charge in [0.25, 0.3) is 5.91 Å². The molecule has 9 heteroatoms. The maximum Gasteiger partial charge on any atom is 0.325 e. The topological polar surface area (TPSA) is 106 Å². The van der Waals surface area contributed by atoms with Crippen molar-refractivity contribution in [1.29, 1.82) is 0 Å². The Morgan fingerprint density at radius 3 is 2.42 bits per heavy atom. The molecule has 3 aromatic carbocycles. The van der Waals surface area contributed by atoms with E-state index in [0.29, 0.717) is 47.5 Å². The van der Waals surface area contributed by atoms with E-state index in [2.05, 4.69) is 10.6 Å². The van der Waals surface area contributed by atoms with Crippen LogP contribution in [0.3, 0.4) is 0 Å². The average Bonchev–Trinajstić information content (AvgIpc) is 3.03. The molecule has 0 spiro atoms. The van der Waals surface area contributed by atoms with Crippen LogP contribution in [0.1, 0.15) is 18.9 Å². The van der Waals surface area contributed by atoms with E-state index < -0.39 is 29.9 Å². The maximum atomic E-state index is 13.3. The average molecular weight is 488 g/mol. The molecule has 9 nitrogen and oxygen atoms in total. The summed E-state index contributed by atoms with van der Waals surface area (Å²) in [5.41, 5.74) is -0.279. The molecule has 0 radical (unpaired) electrons. The number of benzene rings is 3. The molecule has 1 saturated heterocycles. The Morgan fingerprint density at radius 1 is 0.972 bits per heavy atom. The van der Waals surface area contributed by atoms with E-state index >= 15 is 0 Å². The van der Waals surface area contributed by atoms with Crippen molar-refractivity contribution in [2.24, 2.45) is 0 Å². The van der Waals surface area contributed by atoms with E-state index in [1.54, 1.807) is 49.4 Å². The van der Waals surface area contributed by atoms with Gasteiger partial charge in [-0.05, 0) is 61.0 Å². The summed E-state index contributed by atoms with van der Waals surface area (Å²) in [5, 5.41) is 5.42. The van der Waals surface area contributed by atoms with Crippen LogP contribution in [0.2, 0.25) is 0 Å². The van der Waals surface area contributed by atoms with Gasteiger partial charge in [0.05, 0.1) is 13.2 Å². The van der Waals surface area contributed by atoms with E-state index in [-0.39, 0.29) is 0 Å². The number of carbonyl (C=O) groups is 3. The molecule has 0 aromatic heterocycles. The van der Waals surface area contributed by atoms with E-state index in [1.165, 1.54) is 0 Å². The van der Waals surface area contributed by atoms with Gasteiger partial charge in [0.15, 0.2) is 11.5 Å². The minimum absolute atomic E-state index is 0.424. The van der Waals surface area contributed by atoms with Gasteiger partial charge in [-0.1, -0.05) is 24.3 Å². The van der Waals surface area contributed by atoms with Gasteiger partial charge in [0, 0.05) is 12.1 Å². The molecule has 1 fully saturated rings. The molecule has 4 amide bonds. The van der Waals surface area contributed by atoms with Gasteiger partial charge in [-0.25, -0.2) is 4.79 Å². The van der Waals surface area contributed by atoms with E-state index in [4.69, 9.17) is 14.2 Å². The van der Waals surface area contributed by atoms with Crippen molar-refractivity contribution in [3.8, 4) is 23.0 Å². The van der Waals surface area contributed by atoms with Gasteiger partial charge in [-0.3, -0.25) is 14.5 Å². The second kappa shape index (κ2) is 9.61. The Bertz CT molecular complexity index is 1290. The van der Waals surface area contributed by atoms with Crippen molar-refractivity contribution in [2.75, 3.05) is 25.1 Å². The zero-order valence-electron chi connectivity index (χ0n) is 19.7. The van der Waals surface area contributed by atoms with Gasteiger partial charge >= 0.3 is 6.03 Å². The van der Waals surface area contributed by atoms with Gasteiger partial charge in [0.2, 0.25) is 5.91 Å². The Labute approximate surface area is 208 Å². The smallest absolute Gasteiger partial charge is 0.325 e. The molecule has 0 aliphatic carbocycles. The number of hydrogen-bond acceptors (Lipinski definition) is 6. The molecule has 2 aliphatic rings. The molecular formula is C27H25N3O6. The fourth-order valence-electron chi connectivity index (χ4n) is 4.09. The molecule has 2 N–H and O–H groups in total. The number of carbonyl (C=O) groups excluding carboxylic acids is 3. The number of rotatable bonds is 6. The zero-order valence-corrected chi connectivity index (χ0v) is 19.7. The fourth-order valence-corrected chi connectivity index (χ4v) is 4.09. The number of imide groups is 1. The van der Waals surface area contributed by atoms with Crippen LogP contribution in [0.5, 0.6) is 23.0 Å². The van der Waals surface area contributed by atoms with Crippen LogP contribution in [0, 0.1) is 0 Å². The highest BCUT2D eigenvalue weighted by Crippen LogP contribution is 2.36. The summed E-state index contributed by atoms with van der Waals surface area (Å²) in [5.74, 6) is 1.39. The normalized spacial score (nSPS) is 18.9. The predicted molar refractivity (Wildman–Crippen MR) is 131 cm³/mol. The molecule has 2 heterocycles. The lowest BCUT2D eigenvalue weighted by molar-refractivity contribution is -0.133. The van der Waals surface area contributed by atoms with Crippen molar-refractivity contribution in [3.63, 3.8) is 0 Å². The largest absolute Gasteiger partial charge is 0.490 e. The van der Waals surface area contributed by atoms with Gasteiger partial charge < -0.3 is 24.8 Å². The summed E-state index contributed by atoms with van der Waals surface area (Å²) >= 11 is 0. The molecule has 0 bridgehead atoms. The summed E-state index contributed by atoms with van der Waals surface area (Å²) in [4.78, 5) is 39.5. The first-order chi connectivity index (χ1) is 17.4. The number of hydrogen-bond donors (Lipinski definition) is 2. The highest BCUT2D eigenvalue weighted by atomic mass is 16.5. The summed E-state index contributed by atoms with van der Waals surface area (Å²) < 4.78 is 17.1. The number of nitrogens with zero attached hydrogens (tertiary/aromatic N) is 1. The Balaban J connectivity index is 1.24. The minimum atomic E-state index is -1.33. The molecule has 5 rings (SSSR count). The van der Waals surface area contributed by atoms with Crippen LogP contribution in [-0.2, 0) is 15.1 Å². The number of urea groups is 1. The minimum Gasteiger partial charge on any atom is -0.490 e. The molecule has 1 atom stereocenters. The van der Waals surface area contributed by atoms with Crippen LogP contribution in [0.15, 0.2) is 72.8 Å². The van der Waals surface area contributed by atoms with Crippen molar-refractivity contribution in [2.45, 2.75) is 18.9 Å². The van der Waals surface area contributed by atoms with Crippen molar-refractivity contribution in [1.82, 2.24) is 10.2 Å². The summed E-state index contributed by atoms with van der Waals surface area (Å²) in [6.07, 6.45) is 0.753. The zero-order chi connectivity index (χ0) is 25.1. The molecule has 2 aliphatic heterocycles. The third kappa shape index (κ3) is 4.68. The van der Waals surface area contributed by atoms with Crippen molar-refractivity contribution >= 4 is 23.5 Å². The highest BCUT2D eigenvalue weighted by Gasteiger charge is 2.49. The predicted octanol–water partition coefficient (Wildman–Crippen LogP) is 4.05. The second-order valence-corrected chi connectivity index (χ2v) is 8.65. The number of amides is 4. The molecular weight excluding hydrogens is 462 g/mol. The number of fused-ring (bicyclic) bond motifs is 1. The molecule has 36 heavy (non-hydrogen) atoms. The Morgan fingerprint density at radius 2 is 1.67 bits per heavy atom. The monoisotopic (exact) mass is 487 g/mol. The summed E-state index contributed by atoms with van der Waals surface area (Å²) in [7, 11) is 0. The standard InChI is InChI=1S/C27H25N3O6/c1-27(18-8-13-22-23(16-18)35-15-5-14-34-22)25(32)30(26(33)29-27)17-24(31)28-19-9-11-21(12-10-19)36-20-6-3-2-4-7-20/h2-4,6-13,16H,5,14-15,17H2,1H3,(H,28,31)(H,29,33)/t27-/m0/s1. The molecule has 0 unspecified atom stereocenters. The number of para-hydroxylation sites is 1. The van der Waals surface area contributed by atoms with Gasteiger partial charge in [0.1, 0.15) is 23.6 Å². The van der Waals surface area contributed by atoms with Crippen LogP contribution in [-0.4, -0.2) is 42.5 Å². The third-order valence-corrected chi connectivity index (χ3v) is 6.02. The number of ether oxygens (including phenoxy) is 3. The van der Waals surface area contributed by atoms with E-state index in [9.17, 15) is 14.4 Å². The van der Waals surface area contributed by atoms with Crippen molar-refractivity contribution < 1.29 is 28.6 Å². The fraction of sp³-hybridized carbons (Fsp3) is 0.222. The van der Waals surface area contributed by atoms with Gasteiger partial charge in [-0.2, -0.15) is 0 Å².